The Morgan fingerprint density at radius 3 is 2.56 bits per heavy atom. The van der Waals surface area contributed by atoms with E-state index < -0.39 is 0 Å². The predicted octanol–water partition coefficient (Wildman–Crippen LogP) is 5.86. The van der Waals surface area contributed by atoms with Crippen molar-refractivity contribution in [2.75, 3.05) is 17.7 Å². The van der Waals surface area contributed by atoms with Crippen LogP contribution in [-0.4, -0.2) is 43.9 Å². The summed E-state index contributed by atoms with van der Waals surface area (Å²) in [6, 6.07) is 20.4. The number of halogens is 1. The quantitative estimate of drug-likeness (QED) is 0.138. The molecule has 0 radical (unpaired) electrons. The number of unbranched alkanes of at least 4 members (excludes halogenated alkanes) is 1. The van der Waals surface area contributed by atoms with Crippen LogP contribution in [0.3, 0.4) is 0 Å². The van der Waals surface area contributed by atoms with Gasteiger partial charge in [-0.2, -0.15) is 0 Å². The number of fused-ring (bicyclic) bond motifs is 1. The molecule has 2 heterocycles. The minimum atomic E-state index is -0.386. The van der Waals surface area contributed by atoms with Crippen molar-refractivity contribution in [1.29, 1.82) is 0 Å². The van der Waals surface area contributed by atoms with Crippen molar-refractivity contribution < 1.29 is 18.7 Å². The lowest BCUT2D eigenvalue weighted by Gasteiger charge is -2.11. The summed E-state index contributed by atoms with van der Waals surface area (Å²) in [4.78, 5) is 29.9. The van der Waals surface area contributed by atoms with Crippen LogP contribution in [0.2, 0.25) is 0 Å². The molecule has 41 heavy (non-hydrogen) atoms. The summed E-state index contributed by atoms with van der Waals surface area (Å²) >= 11 is 2.57. The highest BCUT2D eigenvalue weighted by molar-refractivity contribution is 7.99. The molecule has 0 fully saturated rings. The molecule has 0 saturated carbocycles. The van der Waals surface area contributed by atoms with E-state index >= 15 is 0 Å². The number of ether oxygens (including phenoxy) is 1. The number of para-hydroxylation sites is 1. The highest BCUT2D eigenvalue weighted by Gasteiger charge is 2.18. The van der Waals surface area contributed by atoms with Gasteiger partial charge in [0.15, 0.2) is 16.1 Å². The minimum absolute atomic E-state index is 0.0499. The maximum absolute atomic E-state index is 13.7. The summed E-state index contributed by atoms with van der Waals surface area (Å²) in [5.74, 6) is 0.262. The molecule has 0 saturated heterocycles. The molecule has 0 bridgehead atoms. The van der Waals surface area contributed by atoms with E-state index in [4.69, 9.17) is 4.74 Å². The second kappa shape index (κ2) is 13.4. The van der Waals surface area contributed by atoms with Gasteiger partial charge in [-0.05, 0) is 67.1 Å². The highest BCUT2D eigenvalue weighted by Crippen LogP contribution is 2.27. The fourth-order valence-corrected chi connectivity index (χ4v) is 5.52. The fraction of sp³-hybridized carbons (Fsp3) is 0.207. The normalized spacial score (nSPS) is 11.0. The first-order valence-electron chi connectivity index (χ1n) is 13.0. The monoisotopic (exact) mass is 590 g/mol. The zero-order valence-corrected chi connectivity index (χ0v) is 23.8. The largest absolute Gasteiger partial charge is 0.494 e. The third-order valence-corrected chi connectivity index (χ3v) is 7.83. The van der Waals surface area contributed by atoms with Gasteiger partial charge < -0.3 is 15.4 Å². The average molecular weight is 591 g/mol. The number of carbonyl (C=O) groups is 2. The molecule has 0 aliphatic rings. The lowest BCUT2D eigenvalue weighted by molar-refractivity contribution is -0.113. The Balaban J connectivity index is 1.25. The van der Waals surface area contributed by atoms with Gasteiger partial charge in [0.05, 0.1) is 29.1 Å². The third-order valence-electron chi connectivity index (χ3n) is 5.95. The Labute approximate surface area is 244 Å². The highest BCUT2D eigenvalue weighted by atomic mass is 32.2. The molecule has 2 N–H and O–H groups in total. The molecule has 0 aliphatic heterocycles. The summed E-state index contributed by atoms with van der Waals surface area (Å²) in [6.45, 7) is 2.79. The minimum Gasteiger partial charge on any atom is -0.494 e. The van der Waals surface area contributed by atoms with Gasteiger partial charge in [-0.25, -0.2) is 9.37 Å². The number of carbonyl (C=O) groups excluding carboxylic acids is 2. The van der Waals surface area contributed by atoms with E-state index in [0.29, 0.717) is 39.7 Å². The van der Waals surface area contributed by atoms with Crippen molar-refractivity contribution in [2.45, 2.75) is 31.5 Å². The van der Waals surface area contributed by atoms with E-state index in [2.05, 4.69) is 32.7 Å². The molecule has 0 atom stereocenters. The van der Waals surface area contributed by atoms with Crippen LogP contribution >= 0.6 is 23.1 Å². The van der Waals surface area contributed by atoms with Gasteiger partial charge in [0.2, 0.25) is 5.91 Å². The number of hydrogen-bond donors (Lipinski definition) is 2. The Hall–Kier alpha value is -4.29. The number of rotatable bonds is 12. The fourth-order valence-electron chi connectivity index (χ4n) is 3.87. The van der Waals surface area contributed by atoms with E-state index in [1.807, 2.05) is 24.3 Å². The topological polar surface area (TPSA) is 111 Å². The van der Waals surface area contributed by atoms with Crippen LogP contribution < -0.4 is 15.4 Å². The van der Waals surface area contributed by atoms with Gasteiger partial charge in [0, 0.05) is 11.3 Å². The van der Waals surface area contributed by atoms with Crippen LogP contribution in [0, 0.1) is 5.82 Å². The van der Waals surface area contributed by atoms with Crippen LogP contribution in [0.25, 0.3) is 15.9 Å². The number of aromatic nitrogens is 4. The van der Waals surface area contributed by atoms with Crippen LogP contribution in [0.5, 0.6) is 5.75 Å². The van der Waals surface area contributed by atoms with Crippen molar-refractivity contribution in [1.82, 2.24) is 25.1 Å². The van der Waals surface area contributed by atoms with Crippen molar-refractivity contribution in [2.24, 2.45) is 0 Å². The average Bonchev–Trinajstić information content (AvgIpc) is 3.59. The molecule has 9 nitrogen and oxygen atoms in total. The molecule has 0 unspecified atom stereocenters. The van der Waals surface area contributed by atoms with Gasteiger partial charge in [-0.1, -0.05) is 48.6 Å². The Bertz CT molecular complexity index is 1600. The molecule has 2 amide bonds. The SMILES string of the molecule is CCCCOc1ccc(C(=O)NCc2nnc(SCC(=O)Nc3nc4ccccc4s3)n2-c2ccc(F)cc2)cc1. The van der Waals surface area contributed by atoms with Crippen LogP contribution in [0.15, 0.2) is 78.0 Å². The Morgan fingerprint density at radius 2 is 1.80 bits per heavy atom. The third kappa shape index (κ3) is 7.27. The first kappa shape index (κ1) is 28.2. The zero-order chi connectivity index (χ0) is 28.6. The number of anilines is 1. The van der Waals surface area contributed by atoms with E-state index in [1.165, 1.54) is 35.2 Å². The smallest absolute Gasteiger partial charge is 0.251 e. The van der Waals surface area contributed by atoms with E-state index in [-0.39, 0.29) is 29.9 Å². The summed E-state index contributed by atoms with van der Waals surface area (Å²) in [5, 5.41) is 15.1. The Morgan fingerprint density at radius 1 is 1.02 bits per heavy atom. The van der Waals surface area contributed by atoms with Crippen LogP contribution in [0.1, 0.15) is 35.9 Å². The molecule has 2 aromatic heterocycles. The number of amides is 2. The van der Waals surface area contributed by atoms with Gasteiger partial charge in [0.25, 0.3) is 5.91 Å². The lowest BCUT2D eigenvalue weighted by Crippen LogP contribution is -2.24. The summed E-state index contributed by atoms with van der Waals surface area (Å²) in [7, 11) is 0. The van der Waals surface area contributed by atoms with Gasteiger partial charge in [-0.15, -0.1) is 10.2 Å². The first-order valence-corrected chi connectivity index (χ1v) is 14.8. The van der Waals surface area contributed by atoms with Crippen molar-refractivity contribution in [3.63, 3.8) is 0 Å². The summed E-state index contributed by atoms with van der Waals surface area (Å²) < 4.78 is 22.0. The van der Waals surface area contributed by atoms with E-state index in [9.17, 15) is 14.0 Å². The number of benzene rings is 3. The molecule has 0 aliphatic carbocycles. The second-order valence-electron chi connectivity index (χ2n) is 8.94. The summed E-state index contributed by atoms with van der Waals surface area (Å²) in [5.41, 5.74) is 1.89. The van der Waals surface area contributed by atoms with Crippen LogP contribution in [0.4, 0.5) is 9.52 Å². The van der Waals surface area contributed by atoms with Crippen molar-refractivity contribution in [3.8, 4) is 11.4 Å². The van der Waals surface area contributed by atoms with Crippen LogP contribution in [-0.2, 0) is 11.3 Å². The van der Waals surface area contributed by atoms with E-state index in [0.717, 1.165) is 23.1 Å². The second-order valence-corrected chi connectivity index (χ2v) is 10.9. The molecule has 210 valence electrons. The summed E-state index contributed by atoms with van der Waals surface area (Å²) in [6.07, 6.45) is 2.01. The van der Waals surface area contributed by atoms with E-state index in [1.54, 1.807) is 41.0 Å². The molecule has 0 spiro atoms. The predicted molar refractivity (Wildman–Crippen MR) is 158 cm³/mol. The molecule has 12 heteroatoms. The molecule has 5 rings (SSSR count). The van der Waals surface area contributed by atoms with Gasteiger partial charge in [0.1, 0.15) is 11.6 Å². The maximum Gasteiger partial charge on any atom is 0.251 e. The molecule has 5 aromatic rings. The first-order chi connectivity index (χ1) is 20.0. The molecule has 3 aromatic carbocycles. The maximum atomic E-state index is 13.7. The zero-order valence-electron chi connectivity index (χ0n) is 22.2. The Kier molecular flexibility index (Phi) is 9.22. The molecular weight excluding hydrogens is 563 g/mol. The van der Waals surface area contributed by atoms with Gasteiger partial charge in [-0.3, -0.25) is 14.2 Å². The lowest BCUT2D eigenvalue weighted by atomic mass is 10.2. The number of hydrogen-bond acceptors (Lipinski definition) is 8. The molecular formula is C29H27FN6O3S2. The standard InChI is InChI=1S/C29H27FN6O3S2/c1-2-3-16-39-22-14-8-19(9-15-22)27(38)31-17-25-34-35-29(36(25)21-12-10-20(30)11-13-21)40-18-26(37)33-28-32-23-6-4-5-7-24(23)41-28/h4-15H,2-3,16-18H2,1H3,(H,31,38)(H,32,33,37). The number of thiazole rings is 1. The van der Waals surface area contributed by atoms with Crippen molar-refractivity contribution >= 4 is 50.3 Å². The number of nitrogens with one attached hydrogen (secondary N) is 2. The van der Waals surface area contributed by atoms with Gasteiger partial charge >= 0.3 is 0 Å². The van der Waals surface area contributed by atoms with Crippen molar-refractivity contribution in [3.05, 3.63) is 90.0 Å². The number of nitrogens with zero attached hydrogens (tertiary/aromatic N) is 4. The number of thioether (sulfide) groups is 1.